The van der Waals surface area contributed by atoms with E-state index in [1.807, 2.05) is 24.3 Å². The number of nitrogens with zero attached hydrogens (tertiary/aromatic N) is 1. The number of pyridine rings is 1. The molecule has 0 saturated carbocycles. The summed E-state index contributed by atoms with van der Waals surface area (Å²) in [7, 11) is 1.65. The minimum Gasteiger partial charge on any atom is -0.497 e. The van der Waals surface area contributed by atoms with Crippen molar-refractivity contribution in [3.8, 4) is 5.75 Å². The number of aromatic nitrogens is 1. The Morgan fingerprint density at radius 1 is 1.22 bits per heavy atom. The second-order valence-electron chi connectivity index (χ2n) is 5.74. The predicted molar refractivity (Wildman–Crippen MR) is 91.7 cm³/mol. The molecule has 122 valence electrons. The van der Waals surface area contributed by atoms with Crippen molar-refractivity contribution in [2.24, 2.45) is 5.92 Å². The molecule has 5 heteroatoms. The standard InChI is InChI=1S/C18H23N3O2/c1-13(2)11-21-18(22)15-8-9-19-17(10-15)20-12-14-4-6-16(23-3)7-5-14/h4-10,13H,11-12H2,1-3H3,(H,19,20)(H,21,22). The van der Waals surface area contributed by atoms with Crippen LogP contribution in [-0.4, -0.2) is 24.5 Å². The molecule has 1 heterocycles. The normalized spacial score (nSPS) is 10.4. The largest absolute Gasteiger partial charge is 0.497 e. The van der Waals surface area contributed by atoms with Crippen molar-refractivity contribution in [1.82, 2.24) is 10.3 Å². The molecular weight excluding hydrogens is 290 g/mol. The average Bonchev–Trinajstić information content (AvgIpc) is 2.58. The van der Waals surface area contributed by atoms with E-state index in [9.17, 15) is 4.79 Å². The third-order valence-corrected chi connectivity index (χ3v) is 3.33. The Hall–Kier alpha value is -2.56. The van der Waals surface area contributed by atoms with E-state index in [0.717, 1.165) is 11.3 Å². The molecule has 2 rings (SSSR count). The maximum atomic E-state index is 12.1. The third kappa shape index (κ3) is 5.29. The fourth-order valence-electron chi connectivity index (χ4n) is 2.00. The lowest BCUT2D eigenvalue weighted by Crippen LogP contribution is -2.27. The molecule has 0 bridgehead atoms. The lowest BCUT2D eigenvalue weighted by atomic mass is 10.2. The number of amides is 1. The first-order valence-electron chi connectivity index (χ1n) is 7.69. The quantitative estimate of drug-likeness (QED) is 0.824. The molecule has 0 atom stereocenters. The second-order valence-corrected chi connectivity index (χ2v) is 5.74. The van der Waals surface area contributed by atoms with Crippen molar-refractivity contribution in [1.29, 1.82) is 0 Å². The van der Waals surface area contributed by atoms with Crippen LogP contribution in [0.25, 0.3) is 0 Å². The van der Waals surface area contributed by atoms with Gasteiger partial charge in [0.2, 0.25) is 0 Å². The van der Waals surface area contributed by atoms with E-state index in [1.54, 1.807) is 25.4 Å². The molecule has 0 saturated heterocycles. The van der Waals surface area contributed by atoms with Gasteiger partial charge in [0.15, 0.2) is 0 Å². The van der Waals surface area contributed by atoms with Gasteiger partial charge in [-0.15, -0.1) is 0 Å². The average molecular weight is 313 g/mol. The molecule has 0 radical (unpaired) electrons. The summed E-state index contributed by atoms with van der Waals surface area (Å²) in [6, 6.07) is 11.3. The monoisotopic (exact) mass is 313 g/mol. The lowest BCUT2D eigenvalue weighted by Gasteiger charge is -2.10. The summed E-state index contributed by atoms with van der Waals surface area (Å²) in [5, 5.41) is 6.13. The van der Waals surface area contributed by atoms with E-state index in [1.165, 1.54) is 0 Å². The first-order chi connectivity index (χ1) is 11.1. The van der Waals surface area contributed by atoms with E-state index >= 15 is 0 Å². The fourth-order valence-corrected chi connectivity index (χ4v) is 2.00. The number of hydrogen-bond acceptors (Lipinski definition) is 4. The zero-order valence-electron chi connectivity index (χ0n) is 13.8. The van der Waals surface area contributed by atoms with Crippen molar-refractivity contribution in [2.45, 2.75) is 20.4 Å². The van der Waals surface area contributed by atoms with Crippen molar-refractivity contribution in [2.75, 3.05) is 19.0 Å². The van der Waals surface area contributed by atoms with Crippen LogP contribution in [0.5, 0.6) is 5.75 Å². The van der Waals surface area contributed by atoms with Crippen molar-refractivity contribution in [3.63, 3.8) is 0 Å². The van der Waals surface area contributed by atoms with Gasteiger partial charge in [0.05, 0.1) is 7.11 Å². The number of methoxy groups -OCH3 is 1. The SMILES string of the molecule is COc1ccc(CNc2cc(C(=O)NCC(C)C)ccn2)cc1. The van der Waals surface area contributed by atoms with Gasteiger partial charge in [0, 0.05) is 24.8 Å². The molecular formula is C18H23N3O2. The number of anilines is 1. The molecule has 2 aromatic rings. The van der Waals surface area contributed by atoms with Gasteiger partial charge in [-0.2, -0.15) is 0 Å². The number of carbonyl (C=O) groups excluding carboxylic acids is 1. The number of benzene rings is 1. The first-order valence-corrected chi connectivity index (χ1v) is 7.69. The zero-order valence-corrected chi connectivity index (χ0v) is 13.8. The summed E-state index contributed by atoms with van der Waals surface area (Å²) in [5.41, 5.74) is 1.72. The van der Waals surface area contributed by atoms with E-state index in [-0.39, 0.29) is 5.91 Å². The highest BCUT2D eigenvalue weighted by atomic mass is 16.5. The second kappa shape index (κ2) is 8.17. The van der Waals surface area contributed by atoms with Crippen LogP contribution >= 0.6 is 0 Å². The lowest BCUT2D eigenvalue weighted by molar-refractivity contribution is 0.0949. The molecule has 5 nitrogen and oxygen atoms in total. The number of hydrogen-bond donors (Lipinski definition) is 2. The zero-order chi connectivity index (χ0) is 16.7. The molecule has 0 aliphatic rings. The Kier molecular flexibility index (Phi) is 5.97. The van der Waals surface area contributed by atoms with Crippen molar-refractivity contribution >= 4 is 11.7 Å². The van der Waals surface area contributed by atoms with Crippen LogP contribution in [0.2, 0.25) is 0 Å². The maximum Gasteiger partial charge on any atom is 0.251 e. The molecule has 0 aliphatic heterocycles. The van der Waals surface area contributed by atoms with Crippen LogP contribution in [-0.2, 0) is 6.54 Å². The molecule has 0 spiro atoms. The van der Waals surface area contributed by atoms with E-state index < -0.39 is 0 Å². The van der Waals surface area contributed by atoms with Crippen LogP contribution < -0.4 is 15.4 Å². The number of ether oxygens (including phenoxy) is 1. The molecule has 0 fully saturated rings. The summed E-state index contributed by atoms with van der Waals surface area (Å²) < 4.78 is 5.14. The van der Waals surface area contributed by atoms with Crippen LogP contribution in [0.15, 0.2) is 42.6 Å². The Labute approximate surface area is 137 Å². The van der Waals surface area contributed by atoms with Crippen molar-refractivity contribution < 1.29 is 9.53 Å². The fraction of sp³-hybridized carbons (Fsp3) is 0.333. The number of carbonyl (C=O) groups is 1. The van der Waals surface area contributed by atoms with Gasteiger partial charge >= 0.3 is 0 Å². The van der Waals surface area contributed by atoms with Gasteiger partial charge in [-0.25, -0.2) is 4.98 Å². The minimum atomic E-state index is -0.0754. The molecule has 0 unspecified atom stereocenters. The highest BCUT2D eigenvalue weighted by Gasteiger charge is 2.07. The summed E-state index contributed by atoms with van der Waals surface area (Å²) in [4.78, 5) is 16.3. The van der Waals surface area contributed by atoms with Crippen molar-refractivity contribution in [3.05, 3.63) is 53.7 Å². The highest BCUT2D eigenvalue weighted by molar-refractivity contribution is 5.94. The Morgan fingerprint density at radius 2 is 1.96 bits per heavy atom. The molecule has 0 aliphatic carbocycles. The minimum absolute atomic E-state index is 0.0754. The van der Waals surface area contributed by atoms with Gasteiger partial charge in [0.25, 0.3) is 5.91 Å². The van der Waals surface area contributed by atoms with Crippen LogP contribution in [0.1, 0.15) is 29.8 Å². The van der Waals surface area contributed by atoms with Crippen LogP contribution in [0, 0.1) is 5.92 Å². The van der Waals surface area contributed by atoms with Crippen LogP contribution in [0.4, 0.5) is 5.82 Å². The first kappa shape index (κ1) is 16.8. The molecule has 1 aromatic heterocycles. The van der Waals surface area contributed by atoms with E-state index in [2.05, 4.69) is 29.5 Å². The summed E-state index contributed by atoms with van der Waals surface area (Å²) >= 11 is 0. The molecule has 1 aromatic carbocycles. The molecule has 2 N–H and O–H groups in total. The summed E-state index contributed by atoms with van der Waals surface area (Å²) in [6.45, 7) is 5.42. The molecule has 23 heavy (non-hydrogen) atoms. The maximum absolute atomic E-state index is 12.1. The highest BCUT2D eigenvalue weighted by Crippen LogP contribution is 2.13. The van der Waals surface area contributed by atoms with Crippen LogP contribution in [0.3, 0.4) is 0 Å². The Morgan fingerprint density at radius 3 is 2.61 bits per heavy atom. The molecule has 1 amide bonds. The smallest absolute Gasteiger partial charge is 0.251 e. The van der Waals surface area contributed by atoms with E-state index in [4.69, 9.17) is 4.74 Å². The Bertz CT molecular complexity index is 639. The number of nitrogens with one attached hydrogen (secondary N) is 2. The Balaban J connectivity index is 1.95. The third-order valence-electron chi connectivity index (χ3n) is 3.33. The van der Waals surface area contributed by atoms with Gasteiger partial charge in [-0.1, -0.05) is 26.0 Å². The summed E-state index contributed by atoms with van der Waals surface area (Å²) in [5.74, 6) is 1.86. The topological polar surface area (TPSA) is 63.2 Å². The number of rotatable bonds is 7. The van der Waals surface area contributed by atoms with Gasteiger partial charge in [-0.05, 0) is 35.7 Å². The van der Waals surface area contributed by atoms with Gasteiger partial charge in [-0.3, -0.25) is 4.79 Å². The van der Waals surface area contributed by atoms with Gasteiger partial charge in [0.1, 0.15) is 11.6 Å². The predicted octanol–water partition coefficient (Wildman–Crippen LogP) is 3.09. The summed E-state index contributed by atoms with van der Waals surface area (Å²) in [6.07, 6.45) is 1.64. The van der Waals surface area contributed by atoms with E-state index in [0.29, 0.717) is 30.4 Å². The van der Waals surface area contributed by atoms with Gasteiger partial charge < -0.3 is 15.4 Å².